The van der Waals surface area contributed by atoms with E-state index in [0.717, 1.165) is 11.0 Å². The summed E-state index contributed by atoms with van der Waals surface area (Å²) in [6, 6.07) is 5.16. The number of halogens is 3. The van der Waals surface area contributed by atoms with Crippen molar-refractivity contribution in [3.05, 3.63) is 29.8 Å². The number of benzene rings is 1. The number of alkyl halides is 3. The molecule has 1 fully saturated rings. The van der Waals surface area contributed by atoms with Crippen LogP contribution in [0.25, 0.3) is 0 Å². The Labute approximate surface area is 144 Å². The summed E-state index contributed by atoms with van der Waals surface area (Å²) in [5.41, 5.74) is 0.0198. The fourth-order valence-electron chi connectivity index (χ4n) is 2.63. The predicted octanol–water partition coefficient (Wildman–Crippen LogP) is 2.01. The number of hydrogen-bond donors (Lipinski definition) is 1. The number of sulfonamides is 1. The molecule has 0 bridgehead atoms. The van der Waals surface area contributed by atoms with Crippen molar-refractivity contribution in [1.82, 2.24) is 9.62 Å². The van der Waals surface area contributed by atoms with Crippen LogP contribution in [-0.2, 0) is 10.0 Å². The van der Waals surface area contributed by atoms with E-state index in [-0.39, 0.29) is 36.4 Å². The first kappa shape index (κ1) is 19.3. The summed E-state index contributed by atoms with van der Waals surface area (Å²) in [6.45, 7) is -0.424. The van der Waals surface area contributed by atoms with Gasteiger partial charge in [0.1, 0.15) is 0 Å². The summed E-state index contributed by atoms with van der Waals surface area (Å²) in [4.78, 5) is 13.4. The first-order valence-electron chi connectivity index (χ1n) is 7.54. The molecule has 0 spiro atoms. The number of likely N-dealkylation sites (tertiary alicyclic amines) is 1. The first-order chi connectivity index (χ1) is 11.6. The zero-order chi connectivity index (χ0) is 18.7. The predicted molar refractivity (Wildman–Crippen MR) is 85.1 cm³/mol. The van der Waals surface area contributed by atoms with E-state index in [2.05, 4.69) is 10.6 Å². The highest BCUT2D eigenvalue weighted by molar-refractivity contribution is 7.89. The van der Waals surface area contributed by atoms with Crippen molar-refractivity contribution in [2.45, 2.75) is 23.9 Å². The Hall–Kier alpha value is -2.05. The fraction of sp³-hybridized carbons (Fsp3) is 0.438. The number of carbonyl (C=O) groups excluding carboxylic acids is 1. The molecule has 0 aromatic heterocycles. The van der Waals surface area contributed by atoms with Gasteiger partial charge in [0.05, 0.1) is 17.4 Å². The van der Waals surface area contributed by atoms with Gasteiger partial charge in [0, 0.05) is 18.7 Å². The highest BCUT2D eigenvalue weighted by Crippen LogP contribution is 2.33. The third kappa shape index (κ3) is 4.74. The lowest BCUT2D eigenvalue weighted by Crippen LogP contribution is -2.44. The molecule has 5 nitrogen and oxygen atoms in total. The van der Waals surface area contributed by atoms with E-state index in [1.807, 2.05) is 0 Å². The number of terminal acetylenes is 1. The minimum Gasteiger partial charge on any atom is -0.338 e. The number of rotatable bonds is 4. The second-order valence-corrected chi connectivity index (χ2v) is 7.46. The van der Waals surface area contributed by atoms with Gasteiger partial charge in [-0.3, -0.25) is 4.79 Å². The highest BCUT2D eigenvalue weighted by atomic mass is 32.2. The monoisotopic (exact) mass is 374 g/mol. The van der Waals surface area contributed by atoms with Gasteiger partial charge in [-0.1, -0.05) is 12.0 Å². The van der Waals surface area contributed by atoms with E-state index < -0.39 is 34.6 Å². The van der Waals surface area contributed by atoms with Gasteiger partial charge in [-0.15, -0.1) is 6.42 Å². The van der Waals surface area contributed by atoms with E-state index in [1.165, 1.54) is 18.2 Å². The Morgan fingerprint density at radius 3 is 2.76 bits per heavy atom. The van der Waals surface area contributed by atoms with Crippen molar-refractivity contribution in [1.29, 1.82) is 0 Å². The second kappa shape index (κ2) is 7.45. The largest absolute Gasteiger partial charge is 0.393 e. The minimum absolute atomic E-state index is 0.0162. The summed E-state index contributed by atoms with van der Waals surface area (Å²) >= 11 is 0. The first-order valence-corrected chi connectivity index (χ1v) is 9.02. The third-order valence-corrected chi connectivity index (χ3v) is 5.33. The molecule has 1 saturated heterocycles. The zero-order valence-corrected chi connectivity index (χ0v) is 14.0. The molecular formula is C16H17F3N2O3S. The summed E-state index contributed by atoms with van der Waals surface area (Å²) in [6.07, 6.45) is 0.882. The van der Waals surface area contributed by atoms with Crippen LogP contribution < -0.4 is 4.72 Å². The summed E-state index contributed by atoms with van der Waals surface area (Å²) in [5, 5.41) is 0. The summed E-state index contributed by atoms with van der Waals surface area (Å²) in [5.74, 6) is -0.0534. The van der Waals surface area contributed by atoms with Crippen LogP contribution in [0.1, 0.15) is 23.2 Å². The molecule has 1 heterocycles. The van der Waals surface area contributed by atoms with E-state index in [4.69, 9.17) is 6.42 Å². The second-order valence-electron chi connectivity index (χ2n) is 5.69. The van der Waals surface area contributed by atoms with E-state index in [1.54, 1.807) is 0 Å². The Bertz CT molecular complexity index is 785. The van der Waals surface area contributed by atoms with Crippen molar-refractivity contribution in [2.75, 3.05) is 19.6 Å². The number of amides is 1. The van der Waals surface area contributed by atoms with Gasteiger partial charge < -0.3 is 4.90 Å². The maximum absolute atomic E-state index is 12.9. The van der Waals surface area contributed by atoms with Crippen LogP contribution in [0.15, 0.2) is 29.2 Å². The third-order valence-electron chi connectivity index (χ3n) is 3.93. The number of piperidine rings is 1. The molecule has 1 aliphatic rings. The number of nitrogens with zero attached hydrogens (tertiary/aromatic N) is 1. The van der Waals surface area contributed by atoms with E-state index in [9.17, 15) is 26.4 Å². The molecule has 1 aliphatic heterocycles. The van der Waals surface area contributed by atoms with Gasteiger partial charge in [0.25, 0.3) is 5.91 Å². The molecule has 136 valence electrons. The Morgan fingerprint density at radius 1 is 1.40 bits per heavy atom. The zero-order valence-electron chi connectivity index (χ0n) is 13.2. The van der Waals surface area contributed by atoms with Crippen LogP contribution in [0.3, 0.4) is 0 Å². The maximum Gasteiger partial charge on any atom is 0.393 e. The van der Waals surface area contributed by atoms with Crippen LogP contribution in [-0.4, -0.2) is 45.0 Å². The van der Waals surface area contributed by atoms with Gasteiger partial charge in [-0.05, 0) is 31.0 Å². The molecule has 1 atom stereocenters. The van der Waals surface area contributed by atoms with Gasteiger partial charge in [-0.25, -0.2) is 8.42 Å². The van der Waals surface area contributed by atoms with E-state index >= 15 is 0 Å². The van der Waals surface area contributed by atoms with Gasteiger partial charge in [0.2, 0.25) is 10.0 Å². The van der Waals surface area contributed by atoms with Gasteiger partial charge >= 0.3 is 6.18 Å². The number of hydrogen-bond acceptors (Lipinski definition) is 3. The quantitative estimate of drug-likeness (QED) is 0.820. The molecule has 1 aromatic rings. The normalized spacial score (nSPS) is 18.6. The fourth-order valence-corrected chi connectivity index (χ4v) is 3.61. The lowest BCUT2D eigenvalue weighted by Gasteiger charge is -2.33. The highest BCUT2D eigenvalue weighted by Gasteiger charge is 2.42. The van der Waals surface area contributed by atoms with Gasteiger partial charge in [-0.2, -0.15) is 17.9 Å². The molecule has 1 N–H and O–H groups in total. The van der Waals surface area contributed by atoms with Crippen molar-refractivity contribution in [3.63, 3.8) is 0 Å². The lowest BCUT2D eigenvalue weighted by atomic mass is 9.97. The molecule has 2 rings (SSSR count). The molecule has 0 saturated carbocycles. The SMILES string of the molecule is C#CCNS(=O)(=O)c1cccc(C(=O)N2CCCC(C(F)(F)F)C2)c1. The average Bonchev–Trinajstić information content (AvgIpc) is 2.59. The Kier molecular flexibility index (Phi) is 5.75. The standard InChI is InChI=1S/C16H17F3N2O3S/c1-2-8-20-25(23,24)14-7-3-5-12(10-14)15(22)21-9-4-6-13(11-21)16(17,18)19/h1,3,5,7,10,13,20H,4,6,8-9,11H2. The number of nitrogens with one attached hydrogen (secondary N) is 1. The topological polar surface area (TPSA) is 66.5 Å². The molecule has 1 aromatic carbocycles. The minimum atomic E-state index is -4.36. The molecular weight excluding hydrogens is 357 g/mol. The molecule has 25 heavy (non-hydrogen) atoms. The molecule has 0 radical (unpaired) electrons. The molecule has 9 heteroatoms. The Balaban J connectivity index is 2.20. The average molecular weight is 374 g/mol. The molecule has 1 amide bonds. The van der Waals surface area contributed by atoms with Crippen molar-refractivity contribution < 1.29 is 26.4 Å². The Morgan fingerprint density at radius 2 is 2.12 bits per heavy atom. The van der Waals surface area contributed by atoms with Crippen molar-refractivity contribution in [3.8, 4) is 12.3 Å². The van der Waals surface area contributed by atoms with Crippen LogP contribution >= 0.6 is 0 Å². The molecule has 1 unspecified atom stereocenters. The van der Waals surface area contributed by atoms with Crippen molar-refractivity contribution in [2.24, 2.45) is 5.92 Å². The molecule has 0 aliphatic carbocycles. The van der Waals surface area contributed by atoms with Crippen LogP contribution in [0.4, 0.5) is 13.2 Å². The smallest absolute Gasteiger partial charge is 0.338 e. The maximum atomic E-state index is 12.9. The van der Waals surface area contributed by atoms with Crippen LogP contribution in [0.2, 0.25) is 0 Å². The summed E-state index contributed by atoms with van der Waals surface area (Å²) < 4.78 is 64.9. The van der Waals surface area contributed by atoms with Gasteiger partial charge in [0.15, 0.2) is 0 Å². The van der Waals surface area contributed by atoms with Crippen molar-refractivity contribution >= 4 is 15.9 Å². The van der Waals surface area contributed by atoms with E-state index in [0.29, 0.717) is 0 Å². The lowest BCUT2D eigenvalue weighted by molar-refractivity contribution is -0.184. The summed E-state index contributed by atoms with van der Waals surface area (Å²) in [7, 11) is -3.89. The van der Waals surface area contributed by atoms with Crippen LogP contribution in [0.5, 0.6) is 0 Å². The number of carbonyl (C=O) groups is 1. The van der Waals surface area contributed by atoms with Crippen LogP contribution in [0, 0.1) is 18.3 Å².